The van der Waals surface area contributed by atoms with E-state index in [0.29, 0.717) is 0 Å². The van der Waals surface area contributed by atoms with Crippen LogP contribution >= 0.6 is 0 Å². The zero-order valence-electron chi connectivity index (χ0n) is 15.8. The number of hydrogen-bond acceptors (Lipinski definition) is 12. The van der Waals surface area contributed by atoms with Crippen molar-refractivity contribution in [1.82, 2.24) is 5.32 Å². The number of aliphatic hydroxyl groups excluding tert-OH is 6. The van der Waals surface area contributed by atoms with Crippen LogP contribution in [0, 0.1) is 0 Å². The number of carbonyl (C=O) groups is 2. The second-order valence-corrected chi connectivity index (χ2v) is 6.85. The van der Waals surface area contributed by atoms with Crippen LogP contribution in [0.5, 0.6) is 0 Å². The van der Waals surface area contributed by atoms with Gasteiger partial charge in [-0.2, -0.15) is 0 Å². The molecule has 2 saturated heterocycles. The van der Waals surface area contributed by atoms with E-state index in [9.17, 15) is 40.2 Å². The monoisotopic (exact) mass is 425 g/mol. The van der Waals surface area contributed by atoms with Crippen molar-refractivity contribution >= 4 is 11.9 Å². The van der Waals surface area contributed by atoms with Crippen molar-refractivity contribution in [3.8, 4) is 0 Å². The van der Waals surface area contributed by atoms with Crippen molar-refractivity contribution < 1.29 is 59.2 Å². The standard InChI is InChI=1S/C16H27NO12/c1-5(20)17-9-14(26-6(2)21)13(8(4-19)27-15(9)25)29-16-12(24)11(23)10(22)7(3-18)28-16/h7-16,18-19,22-25H,3-4H2,1-2H3,(H,17,20)/t7-,8-,9-,10+,11+,12-,13-,14-,15-,16+/m1/s1. The smallest absolute Gasteiger partial charge is 0.303 e. The minimum absolute atomic E-state index is 0.580. The van der Waals surface area contributed by atoms with Crippen molar-refractivity contribution in [3.05, 3.63) is 0 Å². The van der Waals surface area contributed by atoms with E-state index in [1.807, 2.05) is 0 Å². The number of hydrogen-bond donors (Lipinski definition) is 7. The van der Waals surface area contributed by atoms with Crippen LogP contribution in [-0.4, -0.2) is 117 Å². The highest BCUT2D eigenvalue weighted by Gasteiger charge is 2.52. The second kappa shape index (κ2) is 10.1. The lowest BCUT2D eigenvalue weighted by atomic mass is 9.95. The van der Waals surface area contributed by atoms with Gasteiger partial charge in [0.25, 0.3) is 0 Å². The molecule has 168 valence electrons. The Morgan fingerprint density at radius 1 is 0.897 bits per heavy atom. The Labute approximate surface area is 165 Å². The average molecular weight is 425 g/mol. The van der Waals surface area contributed by atoms with E-state index in [4.69, 9.17) is 18.9 Å². The predicted octanol–water partition coefficient (Wildman–Crippen LogP) is -4.68. The van der Waals surface area contributed by atoms with Crippen LogP contribution in [-0.2, 0) is 28.5 Å². The fourth-order valence-corrected chi connectivity index (χ4v) is 3.29. The molecule has 29 heavy (non-hydrogen) atoms. The van der Waals surface area contributed by atoms with Gasteiger partial charge in [-0.25, -0.2) is 0 Å². The van der Waals surface area contributed by atoms with Crippen LogP contribution in [0.25, 0.3) is 0 Å². The van der Waals surface area contributed by atoms with Crippen LogP contribution in [0.2, 0.25) is 0 Å². The summed E-state index contributed by atoms with van der Waals surface area (Å²) in [6.45, 7) is 0.828. The van der Waals surface area contributed by atoms with Gasteiger partial charge in [0.15, 0.2) is 18.7 Å². The van der Waals surface area contributed by atoms with Crippen molar-refractivity contribution in [2.45, 2.75) is 75.2 Å². The normalized spacial score (nSPS) is 42.9. The summed E-state index contributed by atoms with van der Waals surface area (Å²) in [5, 5.41) is 61.4. The third kappa shape index (κ3) is 5.39. The first-order valence-electron chi connectivity index (χ1n) is 8.95. The number of nitrogens with one attached hydrogen (secondary N) is 1. The van der Waals surface area contributed by atoms with Crippen molar-refractivity contribution in [2.24, 2.45) is 0 Å². The molecule has 0 spiro atoms. The molecule has 2 rings (SSSR count). The Morgan fingerprint density at radius 2 is 1.52 bits per heavy atom. The molecule has 0 aromatic heterocycles. The molecule has 2 aliphatic rings. The summed E-state index contributed by atoms with van der Waals surface area (Å²) in [6.07, 6.45) is -13.7. The van der Waals surface area contributed by atoms with Crippen molar-refractivity contribution in [2.75, 3.05) is 13.2 Å². The molecule has 0 aromatic rings. The largest absolute Gasteiger partial charge is 0.457 e. The van der Waals surface area contributed by atoms with Crippen LogP contribution in [0.3, 0.4) is 0 Å². The van der Waals surface area contributed by atoms with Gasteiger partial charge < -0.3 is 54.9 Å². The summed E-state index contributed by atoms with van der Waals surface area (Å²) in [7, 11) is 0. The number of esters is 1. The van der Waals surface area contributed by atoms with Gasteiger partial charge in [-0.3, -0.25) is 9.59 Å². The highest BCUT2D eigenvalue weighted by Crippen LogP contribution is 2.30. The molecule has 0 bridgehead atoms. The van der Waals surface area contributed by atoms with Gasteiger partial charge >= 0.3 is 5.97 Å². The third-order valence-electron chi connectivity index (χ3n) is 4.66. The van der Waals surface area contributed by atoms with E-state index in [2.05, 4.69) is 5.32 Å². The fraction of sp³-hybridized carbons (Fsp3) is 0.875. The summed E-state index contributed by atoms with van der Waals surface area (Å²) in [5.41, 5.74) is 0. The van der Waals surface area contributed by atoms with Crippen LogP contribution in [0.4, 0.5) is 0 Å². The van der Waals surface area contributed by atoms with Gasteiger partial charge in [0.05, 0.1) is 13.2 Å². The molecule has 1 amide bonds. The fourth-order valence-electron chi connectivity index (χ4n) is 3.29. The van der Waals surface area contributed by atoms with Gasteiger partial charge in [-0.05, 0) is 0 Å². The molecule has 0 radical (unpaired) electrons. The molecule has 0 unspecified atom stereocenters. The lowest BCUT2D eigenvalue weighted by Gasteiger charge is -2.47. The van der Waals surface area contributed by atoms with Gasteiger partial charge in [0, 0.05) is 13.8 Å². The van der Waals surface area contributed by atoms with E-state index in [1.54, 1.807) is 0 Å². The van der Waals surface area contributed by atoms with Gasteiger partial charge in [-0.15, -0.1) is 0 Å². The summed E-state index contributed by atoms with van der Waals surface area (Å²) < 4.78 is 21.3. The van der Waals surface area contributed by atoms with Crippen molar-refractivity contribution in [3.63, 3.8) is 0 Å². The Morgan fingerprint density at radius 3 is 2.03 bits per heavy atom. The molecule has 13 heteroatoms. The molecule has 2 aliphatic heterocycles. The lowest BCUT2D eigenvalue weighted by Crippen LogP contribution is -2.68. The molecule has 0 aliphatic carbocycles. The Kier molecular flexibility index (Phi) is 8.28. The second-order valence-electron chi connectivity index (χ2n) is 6.85. The Balaban J connectivity index is 2.31. The molecular formula is C16H27NO12. The third-order valence-corrected chi connectivity index (χ3v) is 4.66. The minimum Gasteiger partial charge on any atom is -0.457 e. The molecule has 0 aromatic carbocycles. The van der Waals surface area contributed by atoms with E-state index < -0.39 is 86.4 Å². The summed E-state index contributed by atoms with van der Waals surface area (Å²) in [4.78, 5) is 23.1. The first kappa shape index (κ1) is 23.9. The molecular weight excluding hydrogens is 398 g/mol. The highest BCUT2D eigenvalue weighted by molar-refractivity contribution is 5.73. The predicted molar refractivity (Wildman–Crippen MR) is 89.8 cm³/mol. The van der Waals surface area contributed by atoms with Crippen molar-refractivity contribution in [1.29, 1.82) is 0 Å². The average Bonchev–Trinajstić information content (AvgIpc) is 2.65. The molecule has 7 N–H and O–H groups in total. The summed E-state index contributed by atoms with van der Waals surface area (Å²) in [5.74, 6) is -1.37. The number of aliphatic hydroxyl groups is 6. The van der Waals surface area contributed by atoms with E-state index in [1.165, 1.54) is 0 Å². The Hall–Kier alpha value is -1.42. The van der Waals surface area contributed by atoms with Crippen LogP contribution in [0.15, 0.2) is 0 Å². The van der Waals surface area contributed by atoms with Gasteiger partial charge in [0.1, 0.15) is 42.7 Å². The minimum atomic E-state index is -1.77. The first-order chi connectivity index (χ1) is 13.6. The molecule has 0 saturated carbocycles. The maximum Gasteiger partial charge on any atom is 0.303 e. The zero-order valence-corrected chi connectivity index (χ0v) is 15.8. The quantitative estimate of drug-likeness (QED) is 0.201. The maximum absolute atomic E-state index is 11.6. The topological polar surface area (TPSA) is 204 Å². The Bertz CT molecular complexity index is 574. The first-order valence-corrected chi connectivity index (χ1v) is 8.95. The number of amides is 1. The lowest BCUT2D eigenvalue weighted by molar-refractivity contribution is -0.345. The SMILES string of the molecule is CC(=O)N[C@@H]1[C@@H](OC(C)=O)[C@H](O[C@@H]2O[C@H](CO)[C@H](O)[C@H](O)[C@H]2O)[C@@H](CO)O[C@H]1O. The van der Waals surface area contributed by atoms with Crippen LogP contribution in [0.1, 0.15) is 13.8 Å². The summed E-state index contributed by atoms with van der Waals surface area (Å²) >= 11 is 0. The van der Waals surface area contributed by atoms with E-state index in [0.717, 1.165) is 13.8 Å². The number of carbonyl (C=O) groups excluding carboxylic acids is 2. The molecule has 2 heterocycles. The number of ether oxygens (including phenoxy) is 4. The van der Waals surface area contributed by atoms with Gasteiger partial charge in [0.2, 0.25) is 5.91 Å². The van der Waals surface area contributed by atoms with Gasteiger partial charge in [-0.1, -0.05) is 0 Å². The van der Waals surface area contributed by atoms with E-state index in [-0.39, 0.29) is 0 Å². The van der Waals surface area contributed by atoms with E-state index >= 15 is 0 Å². The van der Waals surface area contributed by atoms with Crippen LogP contribution < -0.4 is 5.32 Å². The maximum atomic E-state index is 11.6. The highest BCUT2D eigenvalue weighted by atomic mass is 16.7. The molecule has 10 atom stereocenters. The number of rotatable bonds is 6. The zero-order chi connectivity index (χ0) is 21.9. The molecule has 2 fully saturated rings. The molecule has 13 nitrogen and oxygen atoms in total. The summed E-state index contributed by atoms with van der Waals surface area (Å²) in [6, 6.07) is -1.28.